The Morgan fingerprint density at radius 2 is 2.12 bits per heavy atom. The highest BCUT2D eigenvalue weighted by molar-refractivity contribution is 8.36. The summed E-state index contributed by atoms with van der Waals surface area (Å²) in [4.78, 5) is 0. The average molecular weight is 268 g/mol. The van der Waals surface area contributed by atoms with E-state index in [0.29, 0.717) is 5.94 Å². The fraction of sp³-hybridized carbons (Fsp3) is 0.333. The molecule has 0 N–H and O–H groups in total. The van der Waals surface area contributed by atoms with Gasteiger partial charge in [-0.1, -0.05) is 18.2 Å². The van der Waals surface area contributed by atoms with Gasteiger partial charge in [-0.2, -0.15) is 5.10 Å². The van der Waals surface area contributed by atoms with Gasteiger partial charge < -0.3 is 4.74 Å². The highest BCUT2D eigenvalue weighted by Gasteiger charge is 2.18. The second-order valence-corrected chi connectivity index (χ2v) is 6.21. The Bertz CT molecular complexity index is 431. The molecule has 0 amide bonds. The highest BCUT2D eigenvalue weighted by atomic mass is 32.2. The summed E-state index contributed by atoms with van der Waals surface area (Å²) in [5.41, 5.74) is 1.12. The van der Waals surface area contributed by atoms with Gasteiger partial charge in [0.15, 0.2) is 0 Å². The smallest absolute Gasteiger partial charge is 0.108 e. The predicted octanol–water partition coefficient (Wildman–Crippen LogP) is 3.16. The molecule has 1 aliphatic rings. The molecule has 5 heteroatoms. The molecular formula is C12H16N2OS2. The molecule has 2 rings (SSSR count). The first-order valence-electron chi connectivity index (χ1n) is 5.45. The molecule has 92 valence electrons. The molecule has 0 bridgehead atoms. The zero-order chi connectivity index (χ0) is 12.1. The molecule has 0 saturated heterocycles. The number of para-hydroxylation sites is 1. The van der Waals surface area contributed by atoms with Gasteiger partial charge in [0.25, 0.3) is 0 Å². The number of thioether (sulfide) groups is 1. The minimum absolute atomic E-state index is 0.0852. The first-order chi connectivity index (χ1) is 8.36. The number of nitrogens with zero attached hydrogens (tertiary/aromatic N) is 2. The maximum absolute atomic E-state index is 5.56. The van der Waals surface area contributed by atoms with E-state index in [0.717, 1.165) is 12.3 Å². The third-order valence-corrected chi connectivity index (χ3v) is 5.55. The summed E-state index contributed by atoms with van der Waals surface area (Å²) in [6.45, 7) is 2.76. The summed E-state index contributed by atoms with van der Waals surface area (Å²) in [6.07, 6.45) is 4.03. The van der Waals surface area contributed by atoms with E-state index in [1.54, 1.807) is 11.8 Å². The molecular weight excluding hydrogens is 252 g/mol. The number of hydrogen-bond donors (Lipinski definition) is 0. The molecule has 1 aromatic carbocycles. The SMILES string of the molecule is CCOCS1=C(SC)C=NN1c1ccccc1. The minimum atomic E-state index is -0.0852. The number of hydrazone groups is 1. The maximum Gasteiger partial charge on any atom is 0.108 e. The molecule has 0 saturated carbocycles. The van der Waals surface area contributed by atoms with Crippen LogP contribution < -0.4 is 4.41 Å². The van der Waals surface area contributed by atoms with Crippen molar-refractivity contribution in [2.75, 3.05) is 23.2 Å². The van der Waals surface area contributed by atoms with Crippen LogP contribution in [0, 0.1) is 0 Å². The van der Waals surface area contributed by atoms with E-state index in [9.17, 15) is 0 Å². The molecule has 0 aromatic heterocycles. The van der Waals surface area contributed by atoms with Crippen LogP contribution >= 0.6 is 22.4 Å². The second kappa shape index (κ2) is 6.23. The van der Waals surface area contributed by atoms with Crippen LogP contribution in [0.5, 0.6) is 0 Å². The quantitative estimate of drug-likeness (QED) is 0.784. The molecule has 17 heavy (non-hydrogen) atoms. The van der Waals surface area contributed by atoms with Crippen LogP contribution in [0.4, 0.5) is 5.69 Å². The lowest BCUT2D eigenvalue weighted by atomic mass is 10.3. The maximum atomic E-state index is 5.56. The van der Waals surface area contributed by atoms with Crippen molar-refractivity contribution in [2.24, 2.45) is 5.10 Å². The van der Waals surface area contributed by atoms with Gasteiger partial charge in [0.2, 0.25) is 0 Å². The number of hydrogen-bond acceptors (Lipinski definition) is 4. The van der Waals surface area contributed by atoms with Gasteiger partial charge in [0.05, 0.1) is 16.1 Å². The van der Waals surface area contributed by atoms with E-state index >= 15 is 0 Å². The first-order valence-corrected chi connectivity index (χ1v) is 8.03. The first kappa shape index (κ1) is 12.7. The number of anilines is 1. The van der Waals surface area contributed by atoms with Gasteiger partial charge in [0.1, 0.15) is 5.94 Å². The molecule has 0 aliphatic carbocycles. The van der Waals surface area contributed by atoms with E-state index < -0.39 is 0 Å². The van der Waals surface area contributed by atoms with Crippen molar-refractivity contribution < 1.29 is 4.74 Å². The van der Waals surface area contributed by atoms with E-state index in [2.05, 4.69) is 27.9 Å². The van der Waals surface area contributed by atoms with Crippen molar-refractivity contribution in [1.82, 2.24) is 0 Å². The van der Waals surface area contributed by atoms with Crippen LogP contribution in [0.1, 0.15) is 6.92 Å². The Hall–Kier alpha value is -0.780. The molecule has 1 heterocycles. The van der Waals surface area contributed by atoms with Gasteiger partial charge in [0, 0.05) is 6.61 Å². The van der Waals surface area contributed by atoms with E-state index in [1.807, 2.05) is 31.3 Å². The van der Waals surface area contributed by atoms with Gasteiger partial charge >= 0.3 is 0 Å². The number of ether oxygens (including phenoxy) is 1. The lowest BCUT2D eigenvalue weighted by Gasteiger charge is -2.20. The van der Waals surface area contributed by atoms with Crippen LogP contribution in [0.2, 0.25) is 0 Å². The Morgan fingerprint density at radius 1 is 1.35 bits per heavy atom. The van der Waals surface area contributed by atoms with Crippen molar-refractivity contribution in [2.45, 2.75) is 6.92 Å². The molecule has 3 nitrogen and oxygen atoms in total. The normalized spacial score (nSPS) is 19.1. The third kappa shape index (κ3) is 2.91. The molecule has 1 unspecified atom stereocenters. The average Bonchev–Trinajstić information content (AvgIpc) is 2.80. The fourth-order valence-electron chi connectivity index (χ4n) is 1.47. The zero-order valence-corrected chi connectivity index (χ0v) is 11.6. The van der Waals surface area contributed by atoms with E-state index in [-0.39, 0.29) is 10.7 Å². The van der Waals surface area contributed by atoms with Crippen LogP contribution in [-0.4, -0.2) is 29.2 Å². The minimum Gasteiger partial charge on any atom is -0.370 e. The Kier molecular flexibility index (Phi) is 4.65. The van der Waals surface area contributed by atoms with Crippen molar-refractivity contribution in [3.63, 3.8) is 0 Å². The van der Waals surface area contributed by atoms with Gasteiger partial charge in [-0.15, -0.1) is 11.8 Å². The van der Waals surface area contributed by atoms with Crippen LogP contribution in [-0.2, 0) is 4.74 Å². The topological polar surface area (TPSA) is 24.8 Å². The lowest BCUT2D eigenvalue weighted by Crippen LogP contribution is -2.09. The third-order valence-electron chi connectivity index (χ3n) is 2.29. The van der Waals surface area contributed by atoms with Crippen LogP contribution in [0.15, 0.2) is 35.4 Å². The Balaban J connectivity index is 2.23. The molecule has 1 aliphatic heterocycles. The van der Waals surface area contributed by atoms with Crippen LogP contribution in [0.25, 0.3) is 0 Å². The molecule has 0 fully saturated rings. The monoisotopic (exact) mass is 268 g/mol. The summed E-state index contributed by atoms with van der Waals surface area (Å²) in [5, 5.41) is 4.48. The predicted molar refractivity (Wildman–Crippen MR) is 80.0 cm³/mol. The molecule has 0 spiro atoms. The Morgan fingerprint density at radius 3 is 2.76 bits per heavy atom. The highest BCUT2D eigenvalue weighted by Crippen LogP contribution is 2.34. The molecule has 1 aromatic rings. The zero-order valence-electron chi connectivity index (χ0n) is 10.00. The van der Waals surface area contributed by atoms with Crippen LogP contribution in [0.3, 0.4) is 0 Å². The standard InChI is InChI=1S/C12H16N2OS2/c1-3-15-10-17-12(16-2)9-13-14(17)11-7-5-4-6-8-11/h4-9H,3,10H2,1-2H3. The summed E-state index contributed by atoms with van der Waals surface area (Å²) >= 11 is 1.75. The van der Waals surface area contributed by atoms with Crippen molar-refractivity contribution >= 4 is 38.5 Å². The van der Waals surface area contributed by atoms with Crippen molar-refractivity contribution in [3.8, 4) is 0 Å². The van der Waals surface area contributed by atoms with Gasteiger partial charge in [-0.05, 0) is 36.0 Å². The van der Waals surface area contributed by atoms with E-state index in [4.69, 9.17) is 4.74 Å². The van der Waals surface area contributed by atoms with Crippen molar-refractivity contribution in [1.29, 1.82) is 0 Å². The molecule has 1 atom stereocenters. The Labute approximate surface area is 109 Å². The van der Waals surface area contributed by atoms with Gasteiger partial charge in [-0.25, -0.2) is 4.41 Å². The molecule has 0 radical (unpaired) electrons. The van der Waals surface area contributed by atoms with Crippen molar-refractivity contribution in [3.05, 3.63) is 30.3 Å². The summed E-state index contributed by atoms with van der Waals surface area (Å²) < 4.78 is 8.89. The second-order valence-electron chi connectivity index (χ2n) is 3.35. The lowest BCUT2D eigenvalue weighted by molar-refractivity contribution is 0.199. The summed E-state index contributed by atoms with van der Waals surface area (Å²) in [5.74, 6) is 0.710. The van der Waals surface area contributed by atoms with Gasteiger partial charge in [-0.3, -0.25) is 0 Å². The number of benzene rings is 1. The largest absolute Gasteiger partial charge is 0.370 e. The number of rotatable bonds is 4. The summed E-state index contributed by atoms with van der Waals surface area (Å²) in [7, 11) is -0.0852. The van der Waals surface area contributed by atoms with E-state index in [1.165, 1.54) is 4.20 Å². The fourth-order valence-corrected chi connectivity index (χ4v) is 4.17. The summed E-state index contributed by atoms with van der Waals surface area (Å²) in [6, 6.07) is 10.2.